The fourth-order valence-electron chi connectivity index (χ4n) is 13.4. The molecule has 0 amide bonds. The highest BCUT2D eigenvalue weighted by molar-refractivity contribution is 5.22. The van der Waals surface area contributed by atoms with E-state index >= 15 is 0 Å². The summed E-state index contributed by atoms with van der Waals surface area (Å²) in [5.74, 6) is 0.800. The highest BCUT2D eigenvalue weighted by atomic mass is 16.7. The minimum atomic E-state index is -1.53. The van der Waals surface area contributed by atoms with Crippen LogP contribution in [0.3, 0.4) is 0 Å². The number of ether oxygens (including phenoxy) is 2. The van der Waals surface area contributed by atoms with Crippen LogP contribution >= 0.6 is 0 Å². The molecule has 45 heavy (non-hydrogen) atoms. The van der Waals surface area contributed by atoms with Crippen LogP contribution in [0.25, 0.3) is 0 Å². The van der Waals surface area contributed by atoms with Crippen LogP contribution in [0.15, 0.2) is 0 Å². The van der Waals surface area contributed by atoms with Gasteiger partial charge in [-0.25, -0.2) is 0 Å². The van der Waals surface area contributed by atoms with E-state index in [9.17, 15) is 35.7 Å². The molecule has 260 valence electrons. The molecule has 1 aliphatic heterocycles. The van der Waals surface area contributed by atoms with Crippen LogP contribution < -0.4 is 0 Å². The number of aliphatic hydroxyl groups is 7. The highest BCUT2D eigenvalue weighted by Crippen LogP contribution is 2.77. The third kappa shape index (κ3) is 4.64. The second kappa shape index (κ2) is 10.8. The molecule has 0 aromatic rings. The van der Waals surface area contributed by atoms with Crippen LogP contribution in [0.2, 0.25) is 0 Å². The third-order valence-electron chi connectivity index (χ3n) is 15.8. The van der Waals surface area contributed by atoms with Gasteiger partial charge >= 0.3 is 0 Å². The molecule has 9 heteroatoms. The van der Waals surface area contributed by atoms with Gasteiger partial charge in [-0.1, -0.05) is 41.5 Å². The summed E-state index contributed by atoms with van der Waals surface area (Å²) in [6.07, 6.45) is -1.62. The molecule has 1 heterocycles. The zero-order valence-electron chi connectivity index (χ0n) is 28.8. The number of hydrogen-bond donors (Lipinski definition) is 7. The molecular formula is C36H62O9. The summed E-state index contributed by atoms with van der Waals surface area (Å²) in [7, 11) is 0. The van der Waals surface area contributed by atoms with Crippen LogP contribution in [0, 0.1) is 56.7 Å². The van der Waals surface area contributed by atoms with Crippen molar-refractivity contribution in [3.63, 3.8) is 0 Å². The zero-order valence-corrected chi connectivity index (χ0v) is 28.8. The van der Waals surface area contributed by atoms with Crippen molar-refractivity contribution in [2.45, 2.75) is 161 Å². The maximum atomic E-state index is 12.0. The van der Waals surface area contributed by atoms with E-state index in [-0.39, 0.29) is 39.4 Å². The Morgan fingerprint density at radius 2 is 1.40 bits per heavy atom. The molecule has 9 nitrogen and oxygen atoms in total. The fourth-order valence-corrected chi connectivity index (χ4v) is 13.4. The minimum Gasteiger partial charge on any atom is -0.394 e. The van der Waals surface area contributed by atoms with E-state index < -0.39 is 66.6 Å². The number of hydrogen-bond acceptors (Lipinski definition) is 9. The van der Waals surface area contributed by atoms with Gasteiger partial charge in [-0.15, -0.1) is 0 Å². The van der Waals surface area contributed by atoms with Crippen molar-refractivity contribution in [3.05, 3.63) is 0 Å². The van der Waals surface area contributed by atoms with Gasteiger partial charge in [0.05, 0.1) is 30.5 Å². The Morgan fingerprint density at radius 3 is 2.02 bits per heavy atom. The van der Waals surface area contributed by atoms with Gasteiger partial charge in [-0.3, -0.25) is 0 Å². The van der Waals surface area contributed by atoms with Crippen LogP contribution in [-0.2, 0) is 9.47 Å². The van der Waals surface area contributed by atoms with Gasteiger partial charge < -0.3 is 45.2 Å². The van der Waals surface area contributed by atoms with E-state index in [0.29, 0.717) is 31.1 Å². The van der Waals surface area contributed by atoms with Gasteiger partial charge in [0.15, 0.2) is 6.29 Å². The molecule has 0 aromatic carbocycles. The second-order valence-electron chi connectivity index (χ2n) is 18.6. The molecule has 6 fully saturated rings. The van der Waals surface area contributed by atoms with Crippen LogP contribution in [0.4, 0.5) is 0 Å². The maximum absolute atomic E-state index is 12.0. The summed E-state index contributed by atoms with van der Waals surface area (Å²) in [5.41, 5.74) is -2.37. The lowest BCUT2D eigenvalue weighted by molar-refractivity contribution is -0.349. The third-order valence-corrected chi connectivity index (χ3v) is 15.8. The van der Waals surface area contributed by atoms with Crippen molar-refractivity contribution in [2.75, 3.05) is 6.61 Å². The first-order chi connectivity index (χ1) is 20.7. The highest BCUT2D eigenvalue weighted by Gasteiger charge is 2.74. The number of aliphatic hydroxyl groups excluding tert-OH is 6. The Kier molecular flexibility index (Phi) is 8.29. The molecule has 1 saturated heterocycles. The summed E-state index contributed by atoms with van der Waals surface area (Å²) in [6, 6.07) is 0. The average Bonchev–Trinajstić information content (AvgIpc) is 3.31. The Bertz CT molecular complexity index is 1120. The number of fused-ring (bicyclic) bond motifs is 7. The summed E-state index contributed by atoms with van der Waals surface area (Å²) in [6.45, 7) is 16.9. The van der Waals surface area contributed by atoms with E-state index in [1.807, 2.05) is 13.8 Å². The Balaban J connectivity index is 1.44. The van der Waals surface area contributed by atoms with Crippen LogP contribution in [-0.4, -0.2) is 97.0 Å². The predicted octanol–water partition coefficient (Wildman–Crippen LogP) is 2.99. The molecule has 6 aliphatic rings. The van der Waals surface area contributed by atoms with Gasteiger partial charge in [-0.05, 0) is 122 Å². The molecule has 0 unspecified atom stereocenters. The van der Waals surface area contributed by atoms with E-state index in [0.717, 1.165) is 32.1 Å². The first-order valence-corrected chi connectivity index (χ1v) is 17.7. The first-order valence-electron chi connectivity index (χ1n) is 17.7. The number of rotatable bonds is 4. The Labute approximate surface area is 269 Å². The molecule has 5 saturated carbocycles. The Morgan fingerprint density at radius 1 is 0.756 bits per heavy atom. The zero-order chi connectivity index (χ0) is 33.3. The van der Waals surface area contributed by atoms with E-state index in [1.54, 1.807) is 0 Å². The van der Waals surface area contributed by atoms with E-state index in [1.165, 1.54) is 0 Å². The van der Waals surface area contributed by atoms with Crippen LogP contribution in [0.1, 0.15) is 107 Å². The lowest BCUT2D eigenvalue weighted by Gasteiger charge is -2.74. The largest absolute Gasteiger partial charge is 0.394 e. The van der Waals surface area contributed by atoms with Crippen molar-refractivity contribution in [1.82, 2.24) is 0 Å². The predicted molar refractivity (Wildman–Crippen MR) is 168 cm³/mol. The molecule has 7 N–H and O–H groups in total. The second-order valence-corrected chi connectivity index (χ2v) is 18.6. The molecular weight excluding hydrogens is 576 g/mol. The minimum absolute atomic E-state index is 0.0891. The van der Waals surface area contributed by atoms with E-state index in [2.05, 4.69) is 41.5 Å². The maximum Gasteiger partial charge on any atom is 0.186 e. The molecule has 0 spiro atoms. The van der Waals surface area contributed by atoms with Gasteiger partial charge in [0, 0.05) is 0 Å². The van der Waals surface area contributed by atoms with E-state index in [4.69, 9.17) is 9.47 Å². The quantitative estimate of drug-likeness (QED) is 0.230. The van der Waals surface area contributed by atoms with Crippen molar-refractivity contribution in [1.29, 1.82) is 0 Å². The van der Waals surface area contributed by atoms with Crippen LogP contribution in [0.5, 0.6) is 0 Å². The van der Waals surface area contributed by atoms with Gasteiger partial charge in [0.2, 0.25) is 0 Å². The topological polar surface area (TPSA) is 160 Å². The standard InChI is InChI=1S/C36H62O9/c1-31(2)23(38)12-14-33(5)22-10-9-19-25-18(32(3,4)43)11-13-34(25,6)24(39)16-35(19,7)36(22,8)15-20(29(31)33)44-30-28(42)27(41)26(40)21(17-37)45-30/h18-30,37-43H,9-17H2,1-8H3/t18-,19-,20+,21-,22-,23+,24+,25-,26-,27+,28-,29+,30-,33-,34-,35-,36-/m1/s1. The van der Waals surface area contributed by atoms with Gasteiger partial charge in [0.25, 0.3) is 0 Å². The lowest BCUT2D eigenvalue weighted by Crippen LogP contribution is -2.72. The van der Waals surface area contributed by atoms with Crippen molar-refractivity contribution in [2.24, 2.45) is 56.7 Å². The fraction of sp³-hybridized carbons (Fsp3) is 1.00. The summed E-state index contributed by atoms with van der Waals surface area (Å²) >= 11 is 0. The normalized spacial score (nSPS) is 57.8. The molecule has 0 bridgehead atoms. The monoisotopic (exact) mass is 638 g/mol. The summed E-state index contributed by atoms with van der Waals surface area (Å²) in [5, 5.41) is 76.9. The van der Waals surface area contributed by atoms with Crippen molar-refractivity contribution < 1.29 is 45.2 Å². The molecule has 5 aliphatic carbocycles. The van der Waals surface area contributed by atoms with Gasteiger partial charge in [0.1, 0.15) is 24.4 Å². The SMILES string of the molecule is CC(C)(O)[C@@H]1CC[C@@]2(C)[C@H]1[C@H]1CC[C@@H]3[C@@]4(C)CC[C@H](O)C(C)(C)[C@@H]4[C@@H](O[C@@H]4O[C@H](CO)[C@@H](O)[C@H](O)[C@H]4O)C[C@@]3(C)[C@]1(C)C[C@@H]2O. The first kappa shape index (κ1) is 34.5. The molecule has 0 radical (unpaired) electrons. The van der Waals surface area contributed by atoms with Crippen molar-refractivity contribution in [3.8, 4) is 0 Å². The Hall–Kier alpha value is -0.360. The summed E-state index contributed by atoms with van der Waals surface area (Å²) < 4.78 is 12.7. The average molecular weight is 639 g/mol. The lowest BCUT2D eigenvalue weighted by atomic mass is 9.31. The van der Waals surface area contributed by atoms with Gasteiger partial charge in [-0.2, -0.15) is 0 Å². The molecule has 6 rings (SSSR count). The molecule has 17 atom stereocenters. The summed E-state index contributed by atoms with van der Waals surface area (Å²) in [4.78, 5) is 0. The van der Waals surface area contributed by atoms with Crippen molar-refractivity contribution >= 4 is 0 Å². The smallest absolute Gasteiger partial charge is 0.186 e. The molecule has 0 aromatic heterocycles.